The lowest BCUT2D eigenvalue weighted by atomic mass is 9.84. The van der Waals surface area contributed by atoms with E-state index in [-0.39, 0.29) is 17.2 Å². The predicted octanol–water partition coefficient (Wildman–Crippen LogP) is 2.36. The van der Waals surface area contributed by atoms with Crippen molar-refractivity contribution in [2.75, 3.05) is 5.73 Å². The monoisotopic (exact) mass is 731 g/mol. The molecule has 2 aliphatic rings. The number of rotatable bonds is 13. The zero-order valence-electron chi connectivity index (χ0n) is 28.1. The van der Waals surface area contributed by atoms with E-state index in [1.165, 1.54) is 31.8 Å². The summed E-state index contributed by atoms with van der Waals surface area (Å²) in [4.78, 5) is 48.5. The van der Waals surface area contributed by atoms with Crippen LogP contribution in [0, 0.1) is 0 Å². The number of aromatic nitrogens is 2. The number of hydroxylamine groups is 2. The Kier molecular flexibility index (Phi) is 10.2. The molecule has 3 atom stereocenters. The first-order valence-electron chi connectivity index (χ1n) is 15.8. The fraction of sp³-hybridized carbons (Fsp3) is 0.438. The summed E-state index contributed by atoms with van der Waals surface area (Å²) in [6, 6.07) is 8.59. The number of unbranched alkanes of at least 4 members (excludes halogenated alkanes) is 1. The van der Waals surface area contributed by atoms with Gasteiger partial charge in [0.15, 0.2) is 28.8 Å². The molecule has 0 bridgehead atoms. The molecule has 2 aliphatic heterocycles. The summed E-state index contributed by atoms with van der Waals surface area (Å²) in [7, 11) is -3.00. The Hall–Kier alpha value is -4.65. The summed E-state index contributed by atoms with van der Waals surface area (Å²) in [5, 5.41) is 18.5. The van der Waals surface area contributed by atoms with E-state index in [0.717, 1.165) is 47.3 Å². The average Bonchev–Trinajstić information content (AvgIpc) is 3.49. The van der Waals surface area contributed by atoms with Gasteiger partial charge < -0.3 is 25.7 Å². The van der Waals surface area contributed by atoms with E-state index in [1.807, 2.05) is 19.2 Å². The van der Waals surface area contributed by atoms with Gasteiger partial charge in [-0.15, -0.1) is 15.6 Å². The smallest absolute Gasteiger partial charge is 0.418 e. The SMILES string of the molecule is CCCCc1ccc(-c2ccc3c(c2)CC[C@H]([C@](C)(O/N=C(\C(=O)N[C@@H]2C(=O)N(OS(=O)(=O)O)C2(C)C)c2csc(N)n2)C(=O)O)O3)c[n+]1C. The van der Waals surface area contributed by atoms with E-state index in [1.54, 1.807) is 6.07 Å². The number of fused-ring (bicyclic) bond motifs is 1. The van der Waals surface area contributed by atoms with Crippen molar-refractivity contribution in [2.24, 2.45) is 12.2 Å². The van der Waals surface area contributed by atoms with Gasteiger partial charge in [-0.3, -0.25) is 14.1 Å². The zero-order chi connectivity index (χ0) is 36.6. The number of carbonyl (C=O) groups excluding carboxylic acids is 2. The number of amides is 2. The number of benzene rings is 1. The molecule has 4 heterocycles. The van der Waals surface area contributed by atoms with Gasteiger partial charge in [-0.1, -0.05) is 24.6 Å². The topological polar surface area (TPSA) is 224 Å². The second kappa shape index (κ2) is 13.9. The standard InChI is InChI=1S/C32H38N6O10S2/c1-6-7-8-21-12-9-20(16-37(21)5)18-10-13-23-19(15-18)11-14-24(46-23)32(4,29(41)42)47-36-25(22-17-49-30(33)34-22)27(39)35-26-28(40)38(31(26,2)3)48-50(43,44)45/h9-10,12-13,15-17,24,26H,6-8,11,14H2,1-5H3,(H4-,33,34,35,39,41,42,43,44,45)/p+1/b36-25-/t24-,26-,32+/m1/s1. The van der Waals surface area contributed by atoms with Crippen LogP contribution in [0.5, 0.6) is 5.75 Å². The number of anilines is 1. The van der Waals surface area contributed by atoms with Crippen molar-refractivity contribution in [3.05, 3.63) is 58.9 Å². The van der Waals surface area contributed by atoms with Crippen LogP contribution in [-0.4, -0.2) is 74.9 Å². The van der Waals surface area contributed by atoms with Gasteiger partial charge >= 0.3 is 16.4 Å². The number of hydrogen-bond acceptors (Lipinski definition) is 12. The molecule has 1 aromatic carbocycles. The second-order valence-corrected chi connectivity index (χ2v) is 14.7. The summed E-state index contributed by atoms with van der Waals surface area (Å²) in [6.07, 6.45) is 5.00. The van der Waals surface area contributed by atoms with Crippen molar-refractivity contribution in [1.29, 1.82) is 0 Å². The van der Waals surface area contributed by atoms with Gasteiger partial charge in [0, 0.05) is 23.4 Å². The van der Waals surface area contributed by atoms with Crippen LogP contribution in [0.15, 0.2) is 47.1 Å². The number of carboxylic acids is 1. The number of pyridine rings is 1. The van der Waals surface area contributed by atoms with Gasteiger partial charge in [-0.05, 0) is 69.4 Å². The van der Waals surface area contributed by atoms with Crippen molar-refractivity contribution in [1.82, 2.24) is 15.4 Å². The maximum atomic E-state index is 13.5. The minimum atomic E-state index is -5.02. The number of ether oxygens (including phenoxy) is 1. The first-order valence-corrected chi connectivity index (χ1v) is 18.0. The number of aliphatic carboxylic acids is 1. The molecule has 0 unspecified atom stereocenters. The van der Waals surface area contributed by atoms with Crippen LogP contribution in [0.25, 0.3) is 11.1 Å². The molecule has 50 heavy (non-hydrogen) atoms. The molecule has 0 spiro atoms. The lowest BCUT2D eigenvalue weighted by molar-refractivity contribution is -0.678. The van der Waals surface area contributed by atoms with Crippen molar-refractivity contribution < 1.29 is 50.9 Å². The number of β-lactam (4-membered cyclic amide) rings is 1. The predicted molar refractivity (Wildman–Crippen MR) is 180 cm³/mol. The van der Waals surface area contributed by atoms with Crippen LogP contribution in [0.4, 0.5) is 5.13 Å². The molecule has 1 fully saturated rings. The Morgan fingerprint density at radius 3 is 2.60 bits per heavy atom. The number of carbonyl (C=O) groups is 3. The normalized spacial score (nSPS) is 19.8. The molecule has 2 aromatic heterocycles. The molecule has 2 amide bonds. The quantitative estimate of drug-likeness (QED) is 0.0654. The number of thiazole rings is 1. The summed E-state index contributed by atoms with van der Waals surface area (Å²) < 4.78 is 44.0. The maximum absolute atomic E-state index is 13.5. The third kappa shape index (κ3) is 7.42. The molecular weight excluding hydrogens is 693 g/mol. The number of oxime groups is 1. The number of aryl methyl sites for hydroxylation is 3. The highest BCUT2D eigenvalue weighted by atomic mass is 32.3. The maximum Gasteiger partial charge on any atom is 0.418 e. The Bertz CT molecular complexity index is 1960. The largest absolute Gasteiger partial charge is 0.485 e. The van der Waals surface area contributed by atoms with E-state index in [4.69, 9.17) is 19.9 Å². The highest BCUT2D eigenvalue weighted by Crippen LogP contribution is 2.37. The van der Waals surface area contributed by atoms with Gasteiger partial charge in [0.2, 0.25) is 0 Å². The van der Waals surface area contributed by atoms with E-state index >= 15 is 0 Å². The van der Waals surface area contributed by atoms with Crippen molar-refractivity contribution in [2.45, 2.75) is 83.1 Å². The van der Waals surface area contributed by atoms with Crippen LogP contribution < -0.4 is 20.4 Å². The van der Waals surface area contributed by atoms with Crippen molar-refractivity contribution in [3.63, 3.8) is 0 Å². The molecule has 3 aromatic rings. The van der Waals surface area contributed by atoms with Crippen LogP contribution in [0.3, 0.4) is 0 Å². The number of nitrogen functional groups attached to an aromatic ring is 1. The molecule has 0 saturated carbocycles. The summed E-state index contributed by atoms with van der Waals surface area (Å²) in [5.41, 5.74) is 5.85. The summed E-state index contributed by atoms with van der Waals surface area (Å²) in [6.45, 7) is 6.20. The molecular formula is C32H39N6O10S2+. The van der Waals surface area contributed by atoms with Crippen molar-refractivity contribution in [3.8, 4) is 16.9 Å². The minimum absolute atomic E-state index is 0.0670. The molecule has 5 N–H and O–H groups in total. The number of carboxylic acid groups (broad SMARTS) is 1. The lowest BCUT2D eigenvalue weighted by Gasteiger charge is -2.50. The van der Waals surface area contributed by atoms with Gasteiger partial charge in [0.1, 0.15) is 24.5 Å². The van der Waals surface area contributed by atoms with Crippen molar-refractivity contribution >= 4 is 50.4 Å². The molecule has 5 rings (SSSR count). The molecule has 0 radical (unpaired) electrons. The number of hydrogen-bond donors (Lipinski definition) is 4. The fourth-order valence-electron chi connectivity index (χ4n) is 5.78. The summed E-state index contributed by atoms with van der Waals surface area (Å²) in [5.74, 6) is -2.91. The Balaban J connectivity index is 1.36. The van der Waals surface area contributed by atoms with E-state index in [9.17, 15) is 27.9 Å². The fourth-order valence-corrected chi connectivity index (χ4v) is 6.78. The third-order valence-electron chi connectivity index (χ3n) is 8.83. The van der Waals surface area contributed by atoms with Gasteiger partial charge in [-0.25, -0.2) is 14.3 Å². The molecule has 1 saturated heterocycles. The molecule has 18 heteroatoms. The Morgan fingerprint density at radius 1 is 1.28 bits per heavy atom. The average molecular weight is 732 g/mol. The van der Waals surface area contributed by atoms with Crippen LogP contribution in [0.2, 0.25) is 0 Å². The Labute approximate surface area is 292 Å². The first-order chi connectivity index (χ1) is 23.4. The molecule has 16 nitrogen and oxygen atoms in total. The lowest BCUT2D eigenvalue weighted by Crippen LogP contribution is -2.76. The number of nitrogens with one attached hydrogen (secondary N) is 1. The van der Waals surface area contributed by atoms with Gasteiger partial charge in [-0.2, -0.15) is 13.5 Å². The number of nitrogens with zero attached hydrogens (tertiary/aromatic N) is 4. The van der Waals surface area contributed by atoms with E-state index in [2.05, 4.69) is 49.6 Å². The minimum Gasteiger partial charge on any atom is -0.485 e. The molecule has 0 aliphatic carbocycles. The zero-order valence-corrected chi connectivity index (χ0v) is 29.7. The van der Waals surface area contributed by atoms with Gasteiger partial charge in [0.25, 0.3) is 17.4 Å². The van der Waals surface area contributed by atoms with Crippen LogP contribution in [-0.2, 0) is 53.8 Å². The third-order valence-corrected chi connectivity index (χ3v) is 9.84. The Morgan fingerprint density at radius 2 is 2.00 bits per heavy atom. The highest BCUT2D eigenvalue weighted by Gasteiger charge is 2.58. The highest BCUT2D eigenvalue weighted by molar-refractivity contribution is 7.80. The number of nitrogens with two attached hydrogens (primary N) is 1. The summed E-state index contributed by atoms with van der Waals surface area (Å²) >= 11 is 0.978. The van der Waals surface area contributed by atoms with Crippen LogP contribution in [0.1, 0.15) is 63.9 Å². The second-order valence-electron chi connectivity index (χ2n) is 12.8. The van der Waals surface area contributed by atoms with Gasteiger partial charge in [0.05, 0.1) is 5.54 Å². The van der Waals surface area contributed by atoms with E-state index < -0.39 is 57.2 Å². The molecule has 268 valence electrons. The van der Waals surface area contributed by atoms with Crippen LogP contribution >= 0.6 is 11.3 Å². The van der Waals surface area contributed by atoms with E-state index in [0.29, 0.717) is 17.2 Å². The first kappa shape index (κ1) is 36.6.